The lowest BCUT2D eigenvalue weighted by atomic mass is 9.98. The van der Waals surface area contributed by atoms with Gasteiger partial charge in [-0.1, -0.05) is 49.0 Å². The molecule has 5 aromatic rings. The fourth-order valence-corrected chi connectivity index (χ4v) is 6.49. The van der Waals surface area contributed by atoms with E-state index in [9.17, 15) is 9.59 Å². The smallest absolute Gasteiger partial charge is 0.320 e. The minimum atomic E-state index is -0.0804. The molecule has 9 heteroatoms. The van der Waals surface area contributed by atoms with Crippen LogP contribution in [-0.2, 0) is 4.79 Å². The molecule has 7 rings (SSSR count). The molecule has 2 aliphatic heterocycles. The number of hydrogen-bond acceptors (Lipinski definition) is 5. The van der Waals surface area contributed by atoms with Gasteiger partial charge in [-0.3, -0.25) is 9.36 Å². The number of nitrogens with two attached hydrogens (primary N) is 1. The summed E-state index contributed by atoms with van der Waals surface area (Å²) in [7, 11) is 0. The van der Waals surface area contributed by atoms with Crippen LogP contribution in [0, 0.1) is 0 Å². The normalized spacial score (nSPS) is 16.7. The van der Waals surface area contributed by atoms with E-state index < -0.39 is 0 Å². The Labute approximate surface area is 262 Å². The Morgan fingerprint density at radius 3 is 2.33 bits per heavy atom. The highest BCUT2D eigenvalue weighted by Gasteiger charge is 2.32. The molecule has 2 aromatic carbocycles. The van der Waals surface area contributed by atoms with Gasteiger partial charge in [0, 0.05) is 73.6 Å². The van der Waals surface area contributed by atoms with Crippen molar-refractivity contribution in [2.24, 2.45) is 0 Å². The lowest BCUT2D eigenvalue weighted by Crippen LogP contribution is -2.53. The maximum absolute atomic E-state index is 13.3. The summed E-state index contributed by atoms with van der Waals surface area (Å²) < 4.78 is 2.15. The van der Waals surface area contributed by atoms with Gasteiger partial charge in [-0.25, -0.2) is 14.8 Å². The molecule has 0 saturated carbocycles. The summed E-state index contributed by atoms with van der Waals surface area (Å²) >= 11 is 0. The zero-order chi connectivity index (χ0) is 30.9. The van der Waals surface area contributed by atoms with Crippen molar-refractivity contribution in [1.82, 2.24) is 29.2 Å². The number of benzene rings is 2. The van der Waals surface area contributed by atoms with Crippen LogP contribution in [0.4, 0.5) is 10.6 Å². The van der Waals surface area contributed by atoms with Gasteiger partial charge in [0.2, 0.25) is 5.91 Å². The second-order valence-corrected chi connectivity index (χ2v) is 11.6. The van der Waals surface area contributed by atoms with E-state index in [0.29, 0.717) is 38.5 Å². The molecule has 2 fully saturated rings. The van der Waals surface area contributed by atoms with Crippen LogP contribution >= 0.6 is 0 Å². The number of nitrogens with zero attached hydrogens (tertiary/aromatic N) is 6. The van der Waals surface area contributed by atoms with Gasteiger partial charge in [0.25, 0.3) is 0 Å². The largest absolute Gasteiger partial charge is 0.383 e. The average Bonchev–Trinajstić information content (AvgIpc) is 3.74. The van der Waals surface area contributed by atoms with Crippen molar-refractivity contribution in [3.8, 4) is 28.2 Å². The molecule has 0 bridgehead atoms. The van der Waals surface area contributed by atoms with Crippen LogP contribution in [0.3, 0.4) is 0 Å². The van der Waals surface area contributed by atoms with E-state index in [2.05, 4.69) is 70.7 Å². The Hall–Kier alpha value is -5.44. The van der Waals surface area contributed by atoms with Crippen molar-refractivity contribution in [2.45, 2.75) is 12.3 Å². The first kappa shape index (κ1) is 28.3. The first-order valence-electron chi connectivity index (χ1n) is 15.3. The van der Waals surface area contributed by atoms with Crippen molar-refractivity contribution in [1.29, 1.82) is 0 Å². The molecular formula is C36H35N7O2. The number of urea groups is 1. The Bertz CT molecular complexity index is 1880. The van der Waals surface area contributed by atoms with Gasteiger partial charge in [-0.15, -0.1) is 0 Å². The van der Waals surface area contributed by atoms with E-state index in [0.717, 1.165) is 52.2 Å². The molecule has 9 nitrogen and oxygen atoms in total. The molecule has 5 heterocycles. The number of carbonyl (C=O) groups is 2. The quantitative estimate of drug-likeness (QED) is 0.267. The summed E-state index contributed by atoms with van der Waals surface area (Å²) in [5.41, 5.74) is 13.1. The van der Waals surface area contributed by atoms with Gasteiger partial charge in [-0.05, 0) is 60.5 Å². The lowest BCUT2D eigenvalue weighted by molar-refractivity contribution is -0.127. The van der Waals surface area contributed by atoms with Crippen molar-refractivity contribution in [3.05, 3.63) is 109 Å². The van der Waals surface area contributed by atoms with Crippen LogP contribution in [0.1, 0.15) is 17.9 Å². The van der Waals surface area contributed by atoms with Crippen LogP contribution in [-0.4, -0.2) is 80.4 Å². The third-order valence-electron chi connectivity index (χ3n) is 8.95. The molecule has 2 N–H and O–H groups in total. The molecule has 0 aliphatic carbocycles. The highest BCUT2D eigenvalue weighted by atomic mass is 16.2. The standard InChI is InChI=1S/C36H35N7O2/c1-2-33(44)40-19-21-41(22-20-40)36(45)42-18-16-28(24-42)25-10-13-29(14-11-25)43-32(30-9-6-17-38-34(30)37)23-27-12-15-31(39-35(27)43)26-7-4-3-5-8-26/h2-15,17,23,28H,1,16,18-22,24H2,(H2,37,38). The maximum Gasteiger partial charge on any atom is 0.320 e. The monoisotopic (exact) mass is 597 g/mol. The highest BCUT2D eigenvalue weighted by molar-refractivity contribution is 5.90. The van der Waals surface area contributed by atoms with E-state index in [1.165, 1.54) is 11.6 Å². The van der Waals surface area contributed by atoms with Gasteiger partial charge in [-0.2, -0.15) is 0 Å². The zero-order valence-electron chi connectivity index (χ0n) is 25.0. The summed E-state index contributed by atoms with van der Waals surface area (Å²) in [6.07, 6.45) is 3.94. The molecule has 45 heavy (non-hydrogen) atoms. The number of likely N-dealkylation sites (tertiary alicyclic amines) is 1. The van der Waals surface area contributed by atoms with Gasteiger partial charge in [0.15, 0.2) is 0 Å². The number of hydrogen-bond donors (Lipinski definition) is 1. The Morgan fingerprint density at radius 2 is 1.60 bits per heavy atom. The fraction of sp³-hybridized carbons (Fsp3) is 0.222. The number of amides is 3. The number of aromatic nitrogens is 3. The van der Waals surface area contributed by atoms with Crippen LogP contribution < -0.4 is 5.73 Å². The SMILES string of the molecule is C=CC(=O)N1CCN(C(=O)N2CCC(c3ccc(-n4c(-c5cccnc5N)cc5ccc(-c6ccccc6)nc54)cc3)C2)CC1. The second-order valence-electron chi connectivity index (χ2n) is 11.6. The van der Waals surface area contributed by atoms with E-state index in [-0.39, 0.29) is 17.9 Å². The summed E-state index contributed by atoms with van der Waals surface area (Å²) in [6.45, 7) is 7.13. The zero-order valence-corrected chi connectivity index (χ0v) is 25.0. The number of anilines is 1. The van der Waals surface area contributed by atoms with Crippen LogP contribution in [0.5, 0.6) is 0 Å². The first-order valence-corrected chi connectivity index (χ1v) is 15.3. The molecule has 0 radical (unpaired) electrons. The third-order valence-corrected chi connectivity index (χ3v) is 8.95. The van der Waals surface area contributed by atoms with Crippen molar-refractivity contribution in [3.63, 3.8) is 0 Å². The molecular weight excluding hydrogens is 562 g/mol. The number of fused-ring (bicyclic) bond motifs is 1. The number of piperazine rings is 1. The van der Waals surface area contributed by atoms with E-state index in [1.54, 1.807) is 11.1 Å². The maximum atomic E-state index is 13.3. The predicted octanol–water partition coefficient (Wildman–Crippen LogP) is 5.58. The molecule has 1 unspecified atom stereocenters. The Morgan fingerprint density at radius 1 is 0.844 bits per heavy atom. The summed E-state index contributed by atoms with van der Waals surface area (Å²) in [4.78, 5) is 40.2. The van der Waals surface area contributed by atoms with Gasteiger partial charge < -0.3 is 20.4 Å². The summed E-state index contributed by atoms with van der Waals surface area (Å²) in [6, 6.07) is 29.0. The van der Waals surface area contributed by atoms with Crippen molar-refractivity contribution in [2.75, 3.05) is 45.0 Å². The number of nitrogen functional groups attached to an aromatic ring is 1. The molecule has 3 amide bonds. The molecule has 2 aliphatic rings. The minimum Gasteiger partial charge on any atom is -0.383 e. The van der Waals surface area contributed by atoms with Gasteiger partial charge in [0.05, 0.1) is 11.4 Å². The second kappa shape index (κ2) is 11.9. The first-order chi connectivity index (χ1) is 22.0. The number of pyridine rings is 2. The average molecular weight is 598 g/mol. The molecule has 3 aromatic heterocycles. The van der Waals surface area contributed by atoms with E-state index in [1.807, 2.05) is 40.1 Å². The Balaban J connectivity index is 1.15. The van der Waals surface area contributed by atoms with Crippen LogP contribution in [0.2, 0.25) is 0 Å². The van der Waals surface area contributed by atoms with Crippen LogP contribution in [0.25, 0.3) is 39.2 Å². The van der Waals surface area contributed by atoms with E-state index in [4.69, 9.17) is 10.7 Å². The Kier molecular flexibility index (Phi) is 7.51. The molecule has 0 spiro atoms. The topological polar surface area (TPSA) is 101 Å². The molecule has 226 valence electrons. The fourth-order valence-electron chi connectivity index (χ4n) is 6.49. The predicted molar refractivity (Wildman–Crippen MR) is 177 cm³/mol. The number of carbonyl (C=O) groups excluding carboxylic acids is 2. The lowest BCUT2D eigenvalue weighted by Gasteiger charge is -2.36. The third kappa shape index (κ3) is 5.42. The van der Waals surface area contributed by atoms with Crippen LogP contribution in [0.15, 0.2) is 104 Å². The molecule has 1 atom stereocenters. The van der Waals surface area contributed by atoms with Crippen molar-refractivity contribution >= 4 is 28.8 Å². The van der Waals surface area contributed by atoms with Crippen molar-refractivity contribution < 1.29 is 9.59 Å². The minimum absolute atomic E-state index is 0.0534. The van der Waals surface area contributed by atoms with Gasteiger partial charge >= 0.3 is 6.03 Å². The summed E-state index contributed by atoms with van der Waals surface area (Å²) in [5.74, 6) is 0.637. The van der Waals surface area contributed by atoms with Gasteiger partial charge in [0.1, 0.15) is 11.5 Å². The highest BCUT2D eigenvalue weighted by Crippen LogP contribution is 2.35. The number of rotatable bonds is 5. The summed E-state index contributed by atoms with van der Waals surface area (Å²) in [5, 5.41) is 1.01. The molecule has 2 saturated heterocycles. The van der Waals surface area contributed by atoms with E-state index >= 15 is 0 Å².